The highest BCUT2D eigenvalue weighted by Crippen LogP contribution is 2.21. The largest absolute Gasteiger partial charge is 0.306 e. The van der Waals surface area contributed by atoms with E-state index in [9.17, 15) is 4.39 Å². The number of anilines is 1. The van der Waals surface area contributed by atoms with Gasteiger partial charge in [0.25, 0.3) is 0 Å². The summed E-state index contributed by atoms with van der Waals surface area (Å²) in [5.41, 5.74) is 4.58. The van der Waals surface area contributed by atoms with Gasteiger partial charge in [-0.1, -0.05) is 31.2 Å². The quantitative estimate of drug-likeness (QED) is 0.645. The Morgan fingerprint density at radius 1 is 1.22 bits per heavy atom. The molecule has 94 valence electrons. The Morgan fingerprint density at radius 2 is 1.89 bits per heavy atom. The Balaban J connectivity index is 2.46. The van der Waals surface area contributed by atoms with Gasteiger partial charge in [0.15, 0.2) is 17.5 Å². The van der Waals surface area contributed by atoms with Crippen molar-refractivity contribution in [2.45, 2.75) is 20.3 Å². The molecule has 0 aliphatic rings. The predicted octanol–water partition coefficient (Wildman–Crippen LogP) is 2.44. The van der Waals surface area contributed by atoms with E-state index in [-0.39, 0.29) is 11.5 Å². The second kappa shape index (κ2) is 5.10. The van der Waals surface area contributed by atoms with Gasteiger partial charge in [-0.05, 0) is 18.9 Å². The van der Waals surface area contributed by atoms with Crippen molar-refractivity contribution >= 4 is 5.82 Å². The first-order valence-corrected chi connectivity index (χ1v) is 5.75. The normalized spacial score (nSPS) is 10.4. The van der Waals surface area contributed by atoms with Crippen molar-refractivity contribution in [3.8, 4) is 11.4 Å². The summed E-state index contributed by atoms with van der Waals surface area (Å²) in [6, 6.07) is 7.86. The van der Waals surface area contributed by atoms with Gasteiger partial charge in [-0.3, -0.25) is 0 Å². The zero-order chi connectivity index (χ0) is 13.1. The van der Waals surface area contributed by atoms with E-state index < -0.39 is 5.82 Å². The van der Waals surface area contributed by atoms with E-state index in [1.807, 2.05) is 24.3 Å². The molecule has 2 rings (SSSR count). The number of nitrogens with two attached hydrogens (primary N) is 1. The van der Waals surface area contributed by atoms with E-state index in [1.165, 1.54) is 5.56 Å². The maximum Gasteiger partial charge on any atom is 0.187 e. The third-order valence-corrected chi connectivity index (χ3v) is 2.77. The van der Waals surface area contributed by atoms with Crippen molar-refractivity contribution in [1.82, 2.24) is 9.97 Å². The molecule has 0 aliphatic carbocycles. The van der Waals surface area contributed by atoms with Gasteiger partial charge >= 0.3 is 0 Å². The summed E-state index contributed by atoms with van der Waals surface area (Å²) in [5, 5.41) is 0. The van der Waals surface area contributed by atoms with E-state index in [4.69, 9.17) is 5.84 Å². The maximum atomic E-state index is 13.5. The maximum absolute atomic E-state index is 13.5. The van der Waals surface area contributed by atoms with Crippen LogP contribution in [-0.4, -0.2) is 9.97 Å². The van der Waals surface area contributed by atoms with E-state index >= 15 is 0 Å². The fraction of sp³-hybridized carbons (Fsp3) is 0.231. The van der Waals surface area contributed by atoms with Gasteiger partial charge in [0.2, 0.25) is 0 Å². The van der Waals surface area contributed by atoms with Crippen molar-refractivity contribution in [3.63, 3.8) is 0 Å². The monoisotopic (exact) mass is 246 g/mol. The third kappa shape index (κ3) is 2.31. The zero-order valence-corrected chi connectivity index (χ0v) is 10.4. The second-order valence-electron chi connectivity index (χ2n) is 3.99. The highest BCUT2D eigenvalue weighted by molar-refractivity contribution is 5.58. The highest BCUT2D eigenvalue weighted by atomic mass is 19.1. The summed E-state index contributed by atoms with van der Waals surface area (Å²) in [7, 11) is 0. The first-order chi connectivity index (χ1) is 8.65. The van der Waals surface area contributed by atoms with E-state index in [0.717, 1.165) is 12.0 Å². The molecule has 3 N–H and O–H groups in total. The lowest BCUT2D eigenvalue weighted by Gasteiger charge is -2.07. The van der Waals surface area contributed by atoms with Crippen LogP contribution in [0.1, 0.15) is 18.2 Å². The third-order valence-electron chi connectivity index (χ3n) is 2.77. The molecule has 1 aromatic heterocycles. The molecule has 18 heavy (non-hydrogen) atoms. The van der Waals surface area contributed by atoms with E-state index in [1.54, 1.807) is 6.92 Å². The number of aryl methyl sites for hydroxylation is 2. The SMILES string of the molecule is CCc1ccc(-c2nc(C)c(F)c(NN)n2)cc1. The summed E-state index contributed by atoms with van der Waals surface area (Å²) in [5.74, 6) is 5.18. The lowest BCUT2D eigenvalue weighted by atomic mass is 10.1. The van der Waals surface area contributed by atoms with Crippen LogP contribution in [0, 0.1) is 12.7 Å². The molecule has 1 aromatic carbocycles. The molecule has 4 nitrogen and oxygen atoms in total. The smallest absolute Gasteiger partial charge is 0.187 e. The fourth-order valence-electron chi connectivity index (χ4n) is 1.67. The Bertz CT molecular complexity index is 552. The van der Waals surface area contributed by atoms with Gasteiger partial charge in [-0.2, -0.15) is 0 Å². The number of hydrogen-bond acceptors (Lipinski definition) is 4. The average molecular weight is 246 g/mol. The lowest BCUT2D eigenvalue weighted by molar-refractivity contribution is 0.606. The molecular formula is C13H15FN4. The number of aromatic nitrogens is 2. The molecule has 0 unspecified atom stereocenters. The van der Waals surface area contributed by atoms with Gasteiger partial charge in [0.1, 0.15) is 0 Å². The molecule has 0 amide bonds. The molecule has 5 heteroatoms. The molecule has 0 saturated carbocycles. The van der Waals surface area contributed by atoms with Gasteiger partial charge in [-0.25, -0.2) is 20.2 Å². The van der Waals surface area contributed by atoms with Crippen LogP contribution in [0.15, 0.2) is 24.3 Å². The number of benzene rings is 1. The summed E-state index contributed by atoms with van der Waals surface area (Å²) >= 11 is 0. The van der Waals surface area contributed by atoms with Crippen LogP contribution in [0.5, 0.6) is 0 Å². The van der Waals surface area contributed by atoms with Crippen molar-refractivity contribution in [1.29, 1.82) is 0 Å². The highest BCUT2D eigenvalue weighted by Gasteiger charge is 2.11. The Hall–Kier alpha value is -2.01. The minimum absolute atomic E-state index is 0.0112. The molecule has 0 atom stereocenters. The molecule has 0 aliphatic heterocycles. The van der Waals surface area contributed by atoms with Gasteiger partial charge < -0.3 is 5.43 Å². The average Bonchev–Trinajstić information content (AvgIpc) is 2.42. The van der Waals surface area contributed by atoms with Crippen LogP contribution in [0.2, 0.25) is 0 Å². The first-order valence-electron chi connectivity index (χ1n) is 5.75. The lowest BCUT2D eigenvalue weighted by Crippen LogP contribution is -2.13. The number of rotatable bonds is 3. The zero-order valence-electron chi connectivity index (χ0n) is 10.4. The standard InChI is InChI=1S/C13H15FN4/c1-3-9-4-6-10(7-5-9)12-16-8(2)11(14)13(17-12)18-15/h4-7H,3,15H2,1-2H3,(H,16,17,18). The number of halogens is 1. The van der Waals surface area contributed by atoms with Crippen LogP contribution >= 0.6 is 0 Å². The summed E-state index contributed by atoms with van der Waals surface area (Å²) in [4.78, 5) is 8.18. The van der Waals surface area contributed by atoms with Crippen LogP contribution in [-0.2, 0) is 6.42 Å². The summed E-state index contributed by atoms with van der Waals surface area (Å²) < 4.78 is 13.5. The van der Waals surface area contributed by atoms with Crippen LogP contribution in [0.4, 0.5) is 10.2 Å². The molecule has 0 saturated heterocycles. The minimum Gasteiger partial charge on any atom is -0.306 e. The molecular weight excluding hydrogens is 231 g/mol. The van der Waals surface area contributed by atoms with Crippen molar-refractivity contribution < 1.29 is 4.39 Å². The predicted molar refractivity (Wildman–Crippen MR) is 69.4 cm³/mol. The number of nitrogens with zero attached hydrogens (tertiary/aromatic N) is 2. The number of hydrogen-bond donors (Lipinski definition) is 2. The van der Waals surface area contributed by atoms with E-state index in [0.29, 0.717) is 5.82 Å². The van der Waals surface area contributed by atoms with Crippen molar-refractivity contribution in [3.05, 3.63) is 41.3 Å². The van der Waals surface area contributed by atoms with Crippen molar-refractivity contribution in [2.24, 2.45) is 5.84 Å². The minimum atomic E-state index is -0.522. The Labute approximate surface area is 105 Å². The molecule has 1 heterocycles. The number of nitrogen functional groups attached to an aromatic ring is 1. The molecule has 0 fully saturated rings. The van der Waals surface area contributed by atoms with E-state index in [2.05, 4.69) is 22.3 Å². The Morgan fingerprint density at radius 3 is 2.44 bits per heavy atom. The summed E-state index contributed by atoms with van der Waals surface area (Å²) in [6.45, 7) is 3.67. The Kier molecular flexibility index (Phi) is 3.53. The number of nitrogens with one attached hydrogen (secondary N) is 1. The van der Waals surface area contributed by atoms with Gasteiger partial charge in [0.05, 0.1) is 5.69 Å². The molecule has 2 aromatic rings. The second-order valence-corrected chi connectivity index (χ2v) is 3.99. The van der Waals surface area contributed by atoms with Gasteiger partial charge in [0, 0.05) is 5.56 Å². The molecule has 0 radical (unpaired) electrons. The first kappa shape index (κ1) is 12.4. The van der Waals surface area contributed by atoms with Crippen molar-refractivity contribution in [2.75, 3.05) is 5.43 Å². The van der Waals surface area contributed by atoms with Gasteiger partial charge in [-0.15, -0.1) is 0 Å². The fourth-order valence-corrected chi connectivity index (χ4v) is 1.67. The van der Waals surface area contributed by atoms with Crippen LogP contribution in [0.3, 0.4) is 0 Å². The van der Waals surface area contributed by atoms with Crippen LogP contribution < -0.4 is 11.3 Å². The molecule has 0 bridgehead atoms. The topological polar surface area (TPSA) is 63.8 Å². The molecule has 0 spiro atoms. The number of hydrazine groups is 1. The van der Waals surface area contributed by atoms with Crippen LogP contribution in [0.25, 0.3) is 11.4 Å². The summed E-state index contributed by atoms with van der Waals surface area (Å²) in [6.07, 6.45) is 0.971.